The minimum atomic E-state index is 0.0317. The van der Waals surface area contributed by atoms with Gasteiger partial charge in [0.25, 0.3) is 0 Å². The fourth-order valence-corrected chi connectivity index (χ4v) is 5.17. The van der Waals surface area contributed by atoms with Crippen LogP contribution >= 0.6 is 11.8 Å². The van der Waals surface area contributed by atoms with E-state index in [1.807, 2.05) is 6.20 Å². The SMILES string of the molecule is O=C1NCCCC2NC(c3ccc(N4CCCCC4)nc3)SC12. The highest BCUT2D eigenvalue weighted by Crippen LogP contribution is 2.40. The quantitative estimate of drug-likeness (QED) is 0.868. The lowest BCUT2D eigenvalue weighted by molar-refractivity contribution is -0.120. The second-order valence-corrected chi connectivity index (χ2v) is 7.89. The van der Waals surface area contributed by atoms with Gasteiger partial charge in [0, 0.05) is 31.9 Å². The van der Waals surface area contributed by atoms with Gasteiger partial charge >= 0.3 is 0 Å². The summed E-state index contributed by atoms with van der Waals surface area (Å²) in [6.07, 6.45) is 7.97. The van der Waals surface area contributed by atoms with Crippen molar-refractivity contribution in [2.24, 2.45) is 0 Å². The fraction of sp³-hybridized carbons (Fsp3) is 0.647. The molecule has 124 valence electrons. The standard InChI is InChI=1S/C17H24N4OS/c22-16-15-13(5-4-8-18-16)20-17(23-15)12-6-7-14(19-11-12)21-9-2-1-3-10-21/h6-7,11,13,15,17,20H,1-5,8-10H2,(H,18,22). The average molecular weight is 332 g/mol. The normalized spacial score (nSPS) is 31.4. The van der Waals surface area contributed by atoms with E-state index in [2.05, 4.69) is 32.7 Å². The lowest BCUT2D eigenvalue weighted by Gasteiger charge is -2.27. The monoisotopic (exact) mass is 332 g/mol. The molecule has 3 unspecified atom stereocenters. The first-order chi connectivity index (χ1) is 11.3. The second kappa shape index (κ2) is 6.69. The topological polar surface area (TPSA) is 57.3 Å². The predicted octanol–water partition coefficient (Wildman–Crippen LogP) is 2.05. The van der Waals surface area contributed by atoms with E-state index < -0.39 is 0 Å². The average Bonchev–Trinajstić information content (AvgIpc) is 2.96. The van der Waals surface area contributed by atoms with Crippen LogP contribution in [-0.4, -0.2) is 41.8 Å². The molecule has 0 radical (unpaired) electrons. The zero-order chi connectivity index (χ0) is 15.6. The molecule has 1 aromatic heterocycles. The molecule has 3 aliphatic heterocycles. The van der Waals surface area contributed by atoms with E-state index in [4.69, 9.17) is 0 Å². The number of aromatic nitrogens is 1. The number of hydrogen-bond acceptors (Lipinski definition) is 5. The Hall–Kier alpha value is -1.27. The number of nitrogens with zero attached hydrogens (tertiary/aromatic N) is 2. The summed E-state index contributed by atoms with van der Waals surface area (Å²) in [4.78, 5) is 19.2. The molecule has 3 atom stereocenters. The highest BCUT2D eigenvalue weighted by molar-refractivity contribution is 8.01. The molecule has 6 heteroatoms. The van der Waals surface area contributed by atoms with Crippen LogP contribution in [0.1, 0.15) is 43.0 Å². The molecule has 3 saturated heterocycles. The maximum atomic E-state index is 12.1. The van der Waals surface area contributed by atoms with Crippen LogP contribution in [0.2, 0.25) is 0 Å². The van der Waals surface area contributed by atoms with Gasteiger partial charge in [-0.2, -0.15) is 0 Å². The molecule has 0 spiro atoms. The van der Waals surface area contributed by atoms with Crippen LogP contribution in [0.5, 0.6) is 0 Å². The number of carbonyl (C=O) groups is 1. The van der Waals surface area contributed by atoms with Gasteiger partial charge in [0.05, 0.1) is 5.37 Å². The summed E-state index contributed by atoms with van der Waals surface area (Å²) in [5, 5.41) is 6.85. The highest BCUT2D eigenvalue weighted by Gasteiger charge is 2.40. The summed E-state index contributed by atoms with van der Waals surface area (Å²) in [6, 6.07) is 4.59. The summed E-state index contributed by atoms with van der Waals surface area (Å²) >= 11 is 1.73. The van der Waals surface area contributed by atoms with Crippen LogP contribution in [0, 0.1) is 0 Å². The van der Waals surface area contributed by atoms with Gasteiger partial charge in [0.1, 0.15) is 11.1 Å². The number of anilines is 1. The zero-order valence-electron chi connectivity index (χ0n) is 13.3. The number of fused-ring (bicyclic) bond motifs is 1. The Bertz CT molecular complexity index is 558. The molecule has 3 aliphatic rings. The Balaban J connectivity index is 1.45. The maximum absolute atomic E-state index is 12.1. The van der Waals surface area contributed by atoms with E-state index >= 15 is 0 Å². The van der Waals surface area contributed by atoms with Crippen molar-refractivity contribution >= 4 is 23.5 Å². The van der Waals surface area contributed by atoms with E-state index in [1.165, 1.54) is 24.8 Å². The van der Waals surface area contributed by atoms with Gasteiger partial charge in [0.2, 0.25) is 5.91 Å². The minimum Gasteiger partial charge on any atom is -0.357 e. The maximum Gasteiger partial charge on any atom is 0.234 e. The van der Waals surface area contributed by atoms with Crippen molar-refractivity contribution in [3.8, 4) is 0 Å². The van der Waals surface area contributed by atoms with Gasteiger partial charge in [-0.15, -0.1) is 11.8 Å². The number of thioether (sulfide) groups is 1. The van der Waals surface area contributed by atoms with E-state index in [0.717, 1.165) is 38.3 Å². The van der Waals surface area contributed by atoms with Crippen molar-refractivity contribution < 1.29 is 4.79 Å². The van der Waals surface area contributed by atoms with Crippen LogP contribution < -0.4 is 15.5 Å². The van der Waals surface area contributed by atoms with Crippen LogP contribution in [0.4, 0.5) is 5.82 Å². The first-order valence-corrected chi connectivity index (χ1v) is 9.66. The molecule has 3 fully saturated rings. The van der Waals surface area contributed by atoms with Gasteiger partial charge in [-0.05, 0) is 43.7 Å². The van der Waals surface area contributed by atoms with Gasteiger partial charge < -0.3 is 10.2 Å². The Labute approximate surface area is 141 Å². The van der Waals surface area contributed by atoms with Crippen molar-refractivity contribution in [2.75, 3.05) is 24.5 Å². The number of hydrogen-bond donors (Lipinski definition) is 2. The second-order valence-electron chi connectivity index (χ2n) is 6.64. The van der Waals surface area contributed by atoms with Crippen molar-refractivity contribution in [3.05, 3.63) is 23.9 Å². The highest BCUT2D eigenvalue weighted by atomic mass is 32.2. The summed E-state index contributed by atoms with van der Waals surface area (Å²) in [5.41, 5.74) is 1.18. The number of nitrogens with one attached hydrogen (secondary N) is 2. The third kappa shape index (κ3) is 3.19. The zero-order valence-corrected chi connectivity index (χ0v) is 14.1. The van der Waals surface area contributed by atoms with Crippen molar-refractivity contribution in [2.45, 2.75) is 48.8 Å². The van der Waals surface area contributed by atoms with E-state index in [9.17, 15) is 4.79 Å². The third-order valence-corrected chi connectivity index (χ3v) is 6.53. The molecule has 4 heterocycles. The van der Waals surface area contributed by atoms with Crippen LogP contribution in [0.25, 0.3) is 0 Å². The van der Waals surface area contributed by atoms with Crippen LogP contribution in [0.15, 0.2) is 18.3 Å². The fourth-order valence-electron chi connectivity index (χ4n) is 3.71. The van der Waals surface area contributed by atoms with Gasteiger partial charge in [-0.1, -0.05) is 6.07 Å². The molecule has 0 saturated carbocycles. The van der Waals surface area contributed by atoms with Gasteiger partial charge in [0.15, 0.2) is 0 Å². The van der Waals surface area contributed by atoms with E-state index in [-0.39, 0.29) is 22.6 Å². The Kier molecular flexibility index (Phi) is 4.44. The first-order valence-electron chi connectivity index (χ1n) is 8.71. The largest absolute Gasteiger partial charge is 0.357 e. The molecule has 0 aliphatic carbocycles. The lowest BCUT2D eigenvalue weighted by Crippen LogP contribution is -2.38. The molecule has 1 amide bonds. The molecule has 1 aromatic rings. The number of pyridine rings is 1. The first kappa shape index (κ1) is 15.3. The summed E-state index contributed by atoms with van der Waals surface area (Å²) in [6.45, 7) is 3.05. The van der Waals surface area contributed by atoms with Crippen molar-refractivity contribution in [1.82, 2.24) is 15.6 Å². The number of rotatable bonds is 2. The molecule has 5 nitrogen and oxygen atoms in total. The lowest BCUT2D eigenvalue weighted by atomic mass is 10.1. The Morgan fingerprint density at radius 3 is 2.83 bits per heavy atom. The molecule has 4 rings (SSSR count). The molecule has 0 bridgehead atoms. The van der Waals surface area contributed by atoms with Crippen LogP contribution in [-0.2, 0) is 4.79 Å². The summed E-state index contributed by atoms with van der Waals surface area (Å²) in [7, 11) is 0. The Morgan fingerprint density at radius 1 is 1.17 bits per heavy atom. The third-order valence-electron chi connectivity index (χ3n) is 5.02. The summed E-state index contributed by atoms with van der Waals surface area (Å²) in [5.74, 6) is 1.27. The van der Waals surface area contributed by atoms with E-state index in [1.54, 1.807) is 11.8 Å². The van der Waals surface area contributed by atoms with Crippen molar-refractivity contribution in [1.29, 1.82) is 0 Å². The number of amides is 1. The molecular weight excluding hydrogens is 308 g/mol. The van der Waals surface area contributed by atoms with Gasteiger partial charge in [-0.25, -0.2) is 4.98 Å². The van der Waals surface area contributed by atoms with E-state index in [0.29, 0.717) is 0 Å². The smallest absolute Gasteiger partial charge is 0.234 e. The van der Waals surface area contributed by atoms with Crippen LogP contribution in [0.3, 0.4) is 0 Å². The van der Waals surface area contributed by atoms with Gasteiger partial charge in [-0.3, -0.25) is 10.1 Å². The Morgan fingerprint density at radius 2 is 2.04 bits per heavy atom. The minimum absolute atomic E-state index is 0.0317. The molecule has 0 aromatic carbocycles. The molecule has 2 N–H and O–H groups in total. The summed E-state index contributed by atoms with van der Waals surface area (Å²) < 4.78 is 0. The number of carbonyl (C=O) groups excluding carboxylic acids is 1. The molecular formula is C17H24N4OS. The molecule has 23 heavy (non-hydrogen) atoms. The van der Waals surface area contributed by atoms with Crippen molar-refractivity contribution in [3.63, 3.8) is 0 Å². The predicted molar refractivity (Wildman–Crippen MR) is 93.6 cm³/mol. The number of piperidine rings is 1.